The lowest BCUT2D eigenvalue weighted by molar-refractivity contribution is 0.270. The highest BCUT2D eigenvalue weighted by Crippen LogP contribution is 2.14. The molecule has 0 unspecified atom stereocenters. The molecule has 24 heavy (non-hydrogen) atoms. The van der Waals surface area contributed by atoms with Crippen LogP contribution >= 0.6 is 11.6 Å². The van der Waals surface area contributed by atoms with Gasteiger partial charge < -0.3 is 15.1 Å². The molecule has 6 heteroatoms. The summed E-state index contributed by atoms with van der Waals surface area (Å²) in [5.74, 6) is 1.69. The lowest BCUT2D eigenvalue weighted by Crippen LogP contribution is -2.46. The minimum atomic E-state index is 0.781. The number of likely N-dealkylation sites (N-methyl/N-ethyl adjacent to an activating group) is 1. The van der Waals surface area contributed by atoms with Crippen LogP contribution in [0.1, 0.15) is 12.5 Å². The largest absolute Gasteiger partial charge is 0.370 e. The van der Waals surface area contributed by atoms with Crippen molar-refractivity contribution in [2.24, 2.45) is 0 Å². The van der Waals surface area contributed by atoms with Crippen LogP contribution in [-0.4, -0.2) is 54.1 Å². The molecule has 0 aliphatic carbocycles. The number of nitrogens with zero attached hydrogens (tertiary/aromatic N) is 4. The summed E-state index contributed by atoms with van der Waals surface area (Å²) in [4.78, 5) is 13.8. The first kappa shape index (κ1) is 17.0. The van der Waals surface area contributed by atoms with Gasteiger partial charge in [-0.2, -0.15) is 4.98 Å². The van der Waals surface area contributed by atoms with Crippen molar-refractivity contribution in [2.75, 3.05) is 49.5 Å². The van der Waals surface area contributed by atoms with Crippen LogP contribution in [0.3, 0.4) is 0 Å². The van der Waals surface area contributed by atoms with Crippen molar-refractivity contribution in [2.45, 2.75) is 13.3 Å². The average molecular weight is 346 g/mol. The standard InChI is InChI=1S/C18H24ClN5/c1-2-23-10-12-24(13-11-23)18-21-9-7-17(22-18)20-8-6-15-4-3-5-16(19)14-15/h3-5,7,9,14H,2,6,8,10-13H2,1H3,(H,20,21,22). The Morgan fingerprint density at radius 1 is 1.17 bits per heavy atom. The van der Waals surface area contributed by atoms with E-state index in [0.29, 0.717) is 0 Å². The zero-order chi connectivity index (χ0) is 16.8. The van der Waals surface area contributed by atoms with Crippen LogP contribution in [0.15, 0.2) is 36.5 Å². The first-order valence-corrected chi connectivity index (χ1v) is 8.91. The highest BCUT2D eigenvalue weighted by Gasteiger charge is 2.17. The highest BCUT2D eigenvalue weighted by atomic mass is 35.5. The fourth-order valence-corrected chi connectivity index (χ4v) is 3.10. The molecule has 0 bridgehead atoms. The maximum absolute atomic E-state index is 6.02. The van der Waals surface area contributed by atoms with E-state index in [1.54, 1.807) is 0 Å². The molecular formula is C18H24ClN5. The van der Waals surface area contributed by atoms with Gasteiger partial charge in [0.2, 0.25) is 5.95 Å². The van der Waals surface area contributed by atoms with Gasteiger partial charge in [0, 0.05) is 43.9 Å². The number of anilines is 2. The molecule has 1 aliphatic heterocycles. The molecule has 1 fully saturated rings. The minimum Gasteiger partial charge on any atom is -0.370 e. The summed E-state index contributed by atoms with van der Waals surface area (Å²) in [6.07, 6.45) is 2.74. The van der Waals surface area contributed by atoms with Crippen molar-refractivity contribution in [1.29, 1.82) is 0 Å². The predicted octanol–water partition coefficient (Wildman–Crippen LogP) is 2.93. The van der Waals surface area contributed by atoms with Gasteiger partial charge in [-0.05, 0) is 36.7 Å². The van der Waals surface area contributed by atoms with Crippen LogP contribution in [0.5, 0.6) is 0 Å². The third-order valence-electron chi connectivity index (χ3n) is 4.35. The van der Waals surface area contributed by atoms with Crippen molar-refractivity contribution >= 4 is 23.4 Å². The normalized spacial score (nSPS) is 15.5. The highest BCUT2D eigenvalue weighted by molar-refractivity contribution is 6.30. The third kappa shape index (κ3) is 4.58. The van der Waals surface area contributed by atoms with Crippen LogP contribution in [-0.2, 0) is 6.42 Å². The quantitative estimate of drug-likeness (QED) is 0.872. The van der Waals surface area contributed by atoms with E-state index < -0.39 is 0 Å². The maximum Gasteiger partial charge on any atom is 0.227 e. The summed E-state index contributed by atoms with van der Waals surface area (Å²) in [6, 6.07) is 9.89. The topological polar surface area (TPSA) is 44.3 Å². The lowest BCUT2D eigenvalue weighted by atomic mass is 10.1. The molecule has 1 aromatic heterocycles. The molecule has 128 valence electrons. The van der Waals surface area contributed by atoms with Crippen LogP contribution in [0, 0.1) is 0 Å². The van der Waals surface area contributed by atoms with Crippen molar-refractivity contribution in [3.63, 3.8) is 0 Å². The second kappa shape index (κ2) is 8.31. The molecule has 0 spiro atoms. The molecule has 0 amide bonds. The van der Waals surface area contributed by atoms with Crippen LogP contribution in [0.4, 0.5) is 11.8 Å². The molecule has 1 aliphatic rings. The first-order valence-electron chi connectivity index (χ1n) is 8.53. The molecule has 2 heterocycles. The van der Waals surface area contributed by atoms with E-state index in [1.807, 2.05) is 30.5 Å². The minimum absolute atomic E-state index is 0.781. The molecule has 3 rings (SSSR count). The van der Waals surface area contributed by atoms with E-state index in [1.165, 1.54) is 5.56 Å². The van der Waals surface area contributed by atoms with Gasteiger partial charge in [0.05, 0.1) is 0 Å². The van der Waals surface area contributed by atoms with Gasteiger partial charge in [-0.15, -0.1) is 0 Å². The van der Waals surface area contributed by atoms with E-state index in [-0.39, 0.29) is 0 Å². The second-order valence-corrected chi connectivity index (χ2v) is 6.41. The van der Waals surface area contributed by atoms with Crippen LogP contribution in [0.2, 0.25) is 5.02 Å². The number of rotatable bonds is 6. The fourth-order valence-electron chi connectivity index (χ4n) is 2.89. The maximum atomic E-state index is 6.02. The molecule has 2 aromatic rings. The Morgan fingerprint density at radius 3 is 2.75 bits per heavy atom. The van der Waals surface area contributed by atoms with E-state index >= 15 is 0 Å². The molecule has 0 saturated carbocycles. The second-order valence-electron chi connectivity index (χ2n) is 5.97. The third-order valence-corrected chi connectivity index (χ3v) is 4.59. The summed E-state index contributed by atoms with van der Waals surface area (Å²) in [7, 11) is 0. The molecule has 5 nitrogen and oxygen atoms in total. The van der Waals surface area contributed by atoms with E-state index in [4.69, 9.17) is 11.6 Å². The molecule has 1 saturated heterocycles. The molecule has 1 N–H and O–H groups in total. The summed E-state index contributed by atoms with van der Waals surface area (Å²) in [5.41, 5.74) is 1.22. The van der Waals surface area contributed by atoms with Gasteiger partial charge in [-0.25, -0.2) is 4.98 Å². The average Bonchev–Trinajstić information content (AvgIpc) is 2.62. The van der Waals surface area contributed by atoms with Gasteiger partial charge >= 0.3 is 0 Å². The van der Waals surface area contributed by atoms with E-state index in [9.17, 15) is 0 Å². The Balaban J connectivity index is 1.53. The number of halogens is 1. The summed E-state index contributed by atoms with van der Waals surface area (Å²) in [6.45, 7) is 8.26. The monoisotopic (exact) mass is 345 g/mol. The zero-order valence-corrected chi connectivity index (χ0v) is 14.8. The molecular weight excluding hydrogens is 322 g/mol. The van der Waals surface area contributed by atoms with Crippen molar-refractivity contribution in [3.8, 4) is 0 Å². The number of piperazine rings is 1. The Bertz CT molecular complexity index is 655. The number of aromatic nitrogens is 2. The van der Waals surface area contributed by atoms with Crippen LogP contribution < -0.4 is 10.2 Å². The van der Waals surface area contributed by atoms with Gasteiger partial charge in [0.1, 0.15) is 5.82 Å². The Labute approximate surface area is 148 Å². The number of benzene rings is 1. The van der Waals surface area contributed by atoms with E-state index in [2.05, 4.69) is 38.1 Å². The summed E-state index contributed by atoms with van der Waals surface area (Å²) in [5, 5.41) is 4.16. The van der Waals surface area contributed by atoms with Crippen molar-refractivity contribution < 1.29 is 0 Å². The number of hydrogen-bond acceptors (Lipinski definition) is 5. The number of nitrogens with one attached hydrogen (secondary N) is 1. The predicted molar refractivity (Wildman–Crippen MR) is 100 cm³/mol. The smallest absolute Gasteiger partial charge is 0.227 e. The van der Waals surface area contributed by atoms with Gasteiger partial charge in [-0.3, -0.25) is 0 Å². The lowest BCUT2D eigenvalue weighted by Gasteiger charge is -2.34. The van der Waals surface area contributed by atoms with Crippen LogP contribution in [0.25, 0.3) is 0 Å². The molecule has 1 aromatic carbocycles. The van der Waals surface area contributed by atoms with E-state index in [0.717, 1.165) is 62.5 Å². The van der Waals surface area contributed by atoms with Crippen molar-refractivity contribution in [1.82, 2.24) is 14.9 Å². The van der Waals surface area contributed by atoms with Crippen molar-refractivity contribution in [3.05, 3.63) is 47.1 Å². The fraction of sp³-hybridized carbons (Fsp3) is 0.444. The van der Waals surface area contributed by atoms with Gasteiger partial charge in [-0.1, -0.05) is 30.7 Å². The zero-order valence-electron chi connectivity index (χ0n) is 14.1. The Hall–Kier alpha value is -1.85. The Morgan fingerprint density at radius 2 is 2.00 bits per heavy atom. The summed E-state index contributed by atoms with van der Waals surface area (Å²) >= 11 is 6.02. The first-order chi connectivity index (χ1) is 11.7. The molecule has 0 atom stereocenters. The number of hydrogen-bond donors (Lipinski definition) is 1. The molecule has 0 radical (unpaired) electrons. The summed E-state index contributed by atoms with van der Waals surface area (Å²) < 4.78 is 0. The van der Waals surface area contributed by atoms with Gasteiger partial charge in [0.15, 0.2) is 0 Å². The SMILES string of the molecule is CCN1CCN(c2nccc(NCCc3cccc(Cl)c3)n2)CC1. The van der Waals surface area contributed by atoms with Gasteiger partial charge in [0.25, 0.3) is 0 Å². The Kier molecular flexibility index (Phi) is 5.88.